The van der Waals surface area contributed by atoms with Crippen LogP contribution in [0.4, 0.5) is 0 Å². The Morgan fingerprint density at radius 3 is 1.03 bits per heavy atom. The molecule has 0 aliphatic heterocycles. The third kappa shape index (κ3) is 27.2. The van der Waals surface area contributed by atoms with Gasteiger partial charge in [0.05, 0.1) is 13.2 Å². The summed E-state index contributed by atoms with van der Waals surface area (Å²) in [5.74, 6) is 1.44. The quantitative estimate of drug-likeness (QED) is 0.0961. The molecule has 0 aromatic carbocycles. The van der Waals surface area contributed by atoms with Crippen LogP contribution in [-0.2, 0) is 19.1 Å². The van der Waals surface area contributed by atoms with Crippen molar-refractivity contribution in [3.63, 3.8) is 0 Å². The average Bonchev–Trinajstić information content (AvgIpc) is 2.78. The molecule has 0 bridgehead atoms. The summed E-state index contributed by atoms with van der Waals surface area (Å²) in [7, 11) is 0. The second-order valence-corrected chi connectivity index (χ2v) is 11.0. The molecule has 0 N–H and O–H groups in total. The van der Waals surface area contributed by atoms with E-state index < -0.39 is 0 Å². The van der Waals surface area contributed by atoms with Gasteiger partial charge in [-0.05, 0) is 50.4 Å². The molecule has 0 aromatic rings. The molecule has 34 heavy (non-hydrogen) atoms. The molecule has 0 saturated carbocycles. The standard InChI is InChI=1S/C30H58O4/c1-27(2)21-17-19-25-33-29(31)23-15-13-11-9-7-5-6-8-10-12-14-16-24-30(32)34-26-20-18-22-28(3)4/h27-28H,5-26H2,1-4H3. The van der Waals surface area contributed by atoms with Crippen molar-refractivity contribution in [1.82, 2.24) is 0 Å². The molecule has 4 nitrogen and oxygen atoms in total. The van der Waals surface area contributed by atoms with E-state index in [9.17, 15) is 9.59 Å². The Morgan fingerprint density at radius 2 is 0.735 bits per heavy atom. The highest BCUT2D eigenvalue weighted by Crippen LogP contribution is 2.14. The number of carbonyl (C=O) groups excluding carboxylic acids is 2. The van der Waals surface area contributed by atoms with Crippen molar-refractivity contribution in [3.8, 4) is 0 Å². The van der Waals surface area contributed by atoms with Gasteiger partial charge in [-0.3, -0.25) is 9.59 Å². The molecule has 0 amide bonds. The van der Waals surface area contributed by atoms with E-state index in [1.54, 1.807) is 0 Å². The fraction of sp³-hybridized carbons (Fsp3) is 0.933. The monoisotopic (exact) mass is 482 g/mol. The van der Waals surface area contributed by atoms with E-state index in [2.05, 4.69) is 27.7 Å². The molecule has 0 spiro atoms. The summed E-state index contributed by atoms with van der Waals surface area (Å²) < 4.78 is 10.6. The van der Waals surface area contributed by atoms with Gasteiger partial charge in [-0.25, -0.2) is 0 Å². The average molecular weight is 483 g/mol. The first-order chi connectivity index (χ1) is 16.4. The highest BCUT2D eigenvalue weighted by Gasteiger charge is 2.04. The number of hydrogen-bond donors (Lipinski definition) is 0. The number of unbranched alkanes of at least 4 members (excludes halogenated alkanes) is 13. The minimum Gasteiger partial charge on any atom is -0.466 e. The molecule has 0 aliphatic carbocycles. The fourth-order valence-electron chi connectivity index (χ4n) is 4.13. The summed E-state index contributed by atoms with van der Waals surface area (Å²) in [4.78, 5) is 23.4. The van der Waals surface area contributed by atoms with Crippen LogP contribution in [0.15, 0.2) is 0 Å². The SMILES string of the molecule is CC(C)CCCCOC(=O)CCCCCCCCCCCCCCC(=O)OCCCCC(C)C. The molecule has 0 unspecified atom stereocenters. The van der Waals surface area contributed by atoms with E-state index in [0.29, 0.717) is 26.1 Å². The van der Waals surface area contributed by atoms with Gasteiger partial charge in [0.2, 0.25) is 0 Å². The normalized spacial score (nSPS) is 11.4. The van der Waals surface area contributed by atoms with Crippen LogP contribution in [0.1, 0.15) is 156 Å². The number of ether oxygens (including phenoxy) is 2. The third-order valence-corrected chi connectivity index (χ3v) is 6.39. The largest absolute Gasteiger partial charge is 0.466 e. The van der Waals surface area contributed by atoms with Crippen LogP contribution in [0.2, 0.25) is 0 Å². The van der Waals surface area contributed by atoms with Gasteiger partial charge < -0.3 is 9.47 Å². The summed E-state index contributed by atoms with van der Waals surface area (Å²) in [5, 5.41) is 0. The van der Waals surface area contributed by atoms with Crippen molar-refractivity contribution in [2.45, 2.75) is 156 Å². The zero-order valence-corrected chi connectivity index (χ0v) is 23.3. The van der Waals surface area contributed by atoms with E-state index in [1.165, 1.54) is 64.2 Å². The topological polar surface area (TPSA) is 52.6 Å². The molecule has 0 heterocycles. The first-order valence-electron chi connectivity index (χ1n) is 14.7. The van der Waals surface area contributed by atoms with Gasteiger partial charge in [-0.1, -0.05) is 105 Å². The second kappa shape index (κ2) is 25.0. The Kier molecular flexibility index (Phi) is 24.3. The zero-order valence-electron chi connectivity index (χ0n) is 23.3. The van der Waals surface area contributed by atoms with Crippen LogP contribution in [0.25, 0.3) is 0 Å². The van der Waals surface area contributed by atoms with E-state index in [1.807, 2.05) is 0 Å². The summed E-state index contributed by atoms with van der Waals surface area (Å²) in [6, 6.07) is 0. The summed E-state index contributed by atoms with van der Waals surface area (Å²) in [6.45, 7) is 10.1. The van der Waals surface area contributed by atoms with Gasteiger partial charge in [0.25, 0.3) is 0 Å². The van der Waals surface area contributed by atoms with Crippen molar-refractivity contribution < 1.29 is 19.1 Å². The minimum absolute atomic E-state index is 0.0152. The number of carbonyl (C=O) groups is 2. The van der Waals surface area contributed by atoms with Gasteiger partial charge in [0.15, 0.2) is 0 Å². The number of rotatable bonds is 25. The van der Waals surface area contributed by atoms with E-state index in [-0.39, 0.29) is 11.9 Å². The highest BCUT2D eigenvalue weighted by atomic mass is 16.5. The lowest BCUT2D eigenvalue weighted by atomic mass is 10.0. The molecule has 0 aliphatic rings. The lowest BCUT2D eigenvalue weighted by Gasteiger charge is -2.07. The molecule has 4 heteroatoms. The van der Waals surface area contributed by atoms with Crippen molar-refractivity contribution in [3.05, 3.63) is 0 Å². The van der Waals surface area contributed by atoms with Crippen LogP contribution in [0, 0.1) is 11.8 Å². The van der Waals surface area contributed by atoms with Crippen LogP contribution >= 0.6 is 0 Å². The molecule has 0 aromatic heterocycles. The van der Waals surface area contributed by atoms with Gasteiger partial charge >= 0.3 is 11.9 Å². The van der Waals surface area contributed by atoms with Crippen molar-refractivity contribution >= 4 is 11.9 Å². The van der Waals surface area contributed by atoms with Gasteiger partial charge in [-0.15, -0.1) is 0 Å². The van der Waals surface area contributed by atoms with Gasteiger partial charge in [0, 0.05) is 12.8 Å². The van der Waals surface area contributed by atoms with Crippen LogP contribution in [0.5, 0.6) is 0 Å². The Balaban J connectivity index is 3.22. The van der Waals surface area contributed by atoms with Crippen LogP contribution in [-0.4, -0.2) is 25.2 Å². The van der Waals surface area contributed by atoms with E-state index >= 15 is 0 Å². The first-order valence-corrected chi connectivity index (χ1v) is 14.7. The fourth-order valence-corrected chi connectivity index (χ4v) is 4.13. The molecule has 0 rings (SSSR count). The van der Waals surface area contributed by atoms with Crippen molar-refractivity contribution in [1.29, 1.82) is 0 Å². The maximum Gasteiger partial charge on any atom is 0.305 e. The Hall–Kier alpha value is -1.06. The van der Waals surface area contributed by atoms with Gasteiger partial charge in [0.1, 0.15) is 0 Å². The Labute approximate surface area is 212 Å². The number of esters is 2. The van der Waals surface area contributed by atoms with E-state index in [4.69, 9.17) is 9.47 Å². The summed E-state index contributed by atoms with van der Waals surface area (Å²) in [6.07, 6.45) is 22.4. The maximum atomic E-state index is 11.7. The number of hydrogen-bond acceptors (Lipinski definition) is 4. The lowest BCUT2D eigenvalue weighted by Crippen LogP contribution is -2.05. The minimum atomic E-state index is -0.0152. The molecular formula is C30H58O4. The molecule has 0 radical (unpaired) electrons. The van der Waals surface area contributed by atoms with E-state index in [0.717, 1.165) is 63.2 Å². The summed E-state index contributed by atoms with van der Waals surface area (Å²) in [5.41, 5.74) is 0. The first kappa shape index (κ1) is 32.9. The third-order valence-electron chi connectivity index (χ3n) is 6.39. The predicted octanol–water partition coefficient (Wildman–Crippen LogP) is 9.19. The van der Waals surface area contributed by atoms with Crippen molar-refractivity contribution in [2.75, 3.05) is 13.2 Å². The van der Waals surface area contributed by atoms with Crippen molar-refractivity contribution in [2.24, 2.45) is 11.8 Å². The molecule has 0 saturated heterocycles. The Morgan fingerprint density at radius 1 is 0.441 bits per heavy atom. The molecule has 0 fully saturated rings. The molecular weight excluding hydrogens is 424 g/mol. The second-order valence-electron chi connectivity index (χ2n) is 11.0. The smallest absolute Gasteiger partial charge is 0.305 e. The lowest BCUT2D eigenvalue weighted by molar-refractivity contribution is -0.144. The maximum absolute atomic E-state index is 11.7. The Bertz CT molecular complexity index is 417. The van der Waals surface area contributed by atoms with Crippen LogP contribution < -0.4 is 0 Å². The highest BCUT2D eigenvalue weighted by molar-refractivity contribution is 5.69. The zero-order chi connectivity index (χ0) is 25.3. The molecule has 202 valence electrons. The summed E-state index contributed by atoms with van der Waals surface area (Å²) >= 11 is 0. The predicted molar refractivity (Wildman–Crippen MR) is 144 cm³/mol. The van der Waals surface area contributed by atoms with Gasteiger partial charge in [-0.2, -0.15) is 0 Å². The van der Waals surface area contributed by atoms with Crippen LogP contribution in [0.3, 0.4) is 0 Å². The molecule has 0 atom stereocenters.